The fourth-order valence-corrected chi connectivity index (χ4v) is 3.82. The zero-order chi connectivity index (χ0) is 21.0. The van der Waals surface area contributed by atoms with Crippen molar-refractivity contribution < 1.29 is 14.3 Å². The Bertz CT molecular complexity index is 1030. The van der Waals surface area contributed by atoms with Gasteiger partial charge in [0.1, 0.15) is 6.54 Å². The van der Waals surface area contributed by atoms with E-state index in [1.165, 1.54) is 18.4 Å². The van der Waals surface area contributed by atoms with Gasteiger partial charge in [0.15, 0.2) is 0 Å². The fraction of sp³-hybridized carbons (Fsp3) is 0.300. The normalized spacial score (nSPS) is 10.8. The number of carbonyl (C=O) groups is 2. The second-order valence-electron chi connectivity index (χ2n) is 6.52. The molecule has 152 valence electrons. The number of benzene rings is 1. The first-order valence-corrected chi connectivity index (χ1v) is 10.2. The SMILES string of the molecule is COC(=O)CNC(=O)Cc1csc(-n2nc(C)c(Cc3ccc(Cl)cc3)c2C)n1. The minimum Gasteiger partial charge on any atom is -0.468 e. The van der Waals surface area contributed by atoms with E-state index >= 15 is 0 Å². The van der Waals surface area contributed by atoms with E-state index in [1.807, 2.05) is 43.5 Å². The van der Waals surface area contributed by atoms with E-state index in [0.717, 1.165) is 28.9 Å². The lowest BCUT2D eigenvalue weighted by atomic mass is 10.0. The van der Waals surface area contributed by atoms with Crippen molar-refractivity contribution in [2.24, 2.45) is 0 Å². The average Bonchev–Trinajstić information content (AvgIpc) is 3.27. The lowest BCUT2D eigenvalue weighted by molar-refractivity contribution is -0.141. The Hall–Kier alpha value is -2.71. The number of esters is 1. The minimum absolute atomic E-state index is 0.0877. The molecule has 1 N–H and O–H groups in total. The van der Waals surface area contributed by atoms with Crippen LogP contribution in [-0.4, -0.2) is 40.3 Å². The van der Waals surface area contributed by atoms with Gasteiger partial charge in [0.25, 0.3) is 0 Å². The number of nitrogens with zero attached hydrogens (tertiary/aromatic N) is 3. The Morgan fingerprint density at radius 3 is 2.66 bits per heavy atom. The number of aromatic nitrogens is 3. The van der Waals surface area contributed by atoms with Gasteiger partial charge < -0.3 is 10.1 Å². The van der Waals surface area contributed by atoms with Crippen LogP contribution in [0.2, 0.25) is 5.02 Å². The molecule has 0 aliphatic rings. The maximum absolute atomic E-state index is 11.9. The van der Waals surface area contributed by atoms with Crippen molar-refractivity contribution in [1.29, 1.82) is 0 Å². The van der Waals surface area contributed by atoms with Crippen LogP contribution in [0.25, 0.3) is 5.13 Å². The number of methoxy groups -OCH3 is 1. The number of thiazole rings is 1. The Kier molecular flexibility index (Phi) is 6.66. The molecule has 3 rings (SSSR count). The highest BCUT2D eigenvalue weighted by Gasteiger charge is 2.16. The molecule has 0 atom stereocenters. The molecule has 3 aromatic rings. The van der Waals surface area contributed by atoms with Gasteiger partial charge in [-0.3, -0.25) is 9.59 Å². The van der Waals surface area contributed by atoms with Gasteiger partial charge in [-0.15, -0.1) is 11.3 Å². The monoisotopic (exact) mass is 432 g/mol. The van der Waals surface area contributed by atoms with Gasteiger partial charge in [0.2, 0.25) is 11.0 Å². The molecule has 0 bridgehead atoms. The summed E-state index contributed by atoms with van der Waals surface area (Å²) in [6.07, 6.45) is 0.841. The number of hydrogen-bond donors (Lipinski definition) is 1. The predicted octanol–water partition coefficient (Wildman–Crippen LogP) is 3.02. The van der Waals surface area contributed by atoms with E-state index < -0.39 is 5.97 Å². The molecular formula is C20H21ClN4O3S. The molecule has 0 spiro atoms. The quantitative estimate of drug-likeness (QED) is 0.580. The molecule has 0 saturated carbocycles. The molecule has 7 nitrogen and oxygen atoms in total. The van der Waals surface area contributed by atoms with Gasteiger partial charge in [-0.05, 0) is 31.5 Å². The molecule has 0 saturated heterocycles. The van der Waals surface area contributed by atoms with Gasteiger partial charge in [0.05, 0.1) is 24.9 Å². The smallest absolute Gasteiger partial charge is 0.325 e. The Morgan fingerprint density at radius 2 is 1.97 bits per heavy atom. The molecular weight excluding hydrogens is 412 g/mol. The van der Waals surface area contributed by atoms with Crippen LogP contribution in [0.4, 0.5) is 0 Å². The molecule has 2 heterocycles. The van der Waals surface area contributed by atoms with Crippen LogP contribution in [0.3, 0.4) is 0 Å². The third-order valence-corrected chi connectivity index (χ3v) is 5.57. The molecule has 0 fully saturated rings. The summed E-state index contributed by atoms with van der Waals surface area (Å²) in [6, 6.07) is 7.77. The second-order valence-corrected chi connectivity index (χ2v) is 7.79. The predicted molar refractivity (Wildman–Crippen MR) is 112 cm³/mol. The summed E-state index contributed by atoms with van der Waals surface area (Å²) in [4.78, 5) is 27.6. The van der Waals surface area contributed by atoms with Gasteiger partial charge in [-0.2, -0.15) is 5.10 Å². The van der Waals surface area contributed by atoms with E-state index in [2.05, 4.69) is 20.1 Å². The van der Waals surface area contributed by atoms with Crippen LogP contribution < -0.4 is 5.32 Å². The molecule has 0 unspecified atom stereocenters. The van der Waals surface area contributed by atoms with Crippen LogP contribution in [-0.2, 0) is 27.2 Å². The Balaban J connectivity index is 1.72. The summed E-state index contributed by atoms with van der Waals surface area (Å²) in [5, 5.41) is 10.4. The van der Waals surface area contributed by atoms with Gasteiger partial charge in [0, 0.05) is 28.1 Å². The summed E-state index contributed by atoms with van der Waals surface area (Å²) < 4.78 is 6.31. The molecule has 29 heavy (non-hydrogen) atoms. The standard InChI is InChI=1S/C20H21ClN4O3S/c1-12-17(8-14-4-6-15(21)7-5-14)13(2)25(24-12)20-23-16(11-29-20)9-18(26)22-10-19(27)28-3/h4-7,11H,8-10H2,1-3H3,(H,22,26). The van der Waals surface area contributed by atoms with Crippen molar-refractivity contribution in [3.05, 3.63) is 62.9 Å². The first kappa shape index (κ1) is 21.0. The highest BCUT2D eigenvalue weighted by Crippen LogP contribution is 2.23. The maximum atomic E-state index is 11.9. The van der Waals surface area contributed by atoms with E-state index in [0.29, 0.717) is 15.8 Å². The molecule has 2 aromatic heterocycles. The third kappa shape index (κ3) is 5.21. The van der Waals surface area contributed by atoms with Crippen LogP contribution in [0.5, 0.6) is 0 Å². The average molecular weight is 433 g/mol. The number of nitrogens with one attached hydrogen (secondary N) is 1. The fourth-order valence-electron chi connectivity index (χ4n) is 2.87. The summed E-state index contributed by atoms with van der Waals surface area (Å²) >= 11 is 7.39. The molecule has 1 aromatic carbocycles. The van der Waals surface area contributed by atoms with E-state index in [1.54, 1.807) is 4.68 Å². The van der Waals surface area contributed by atoms with Crippen molar-refractivity contribution in [3.8, 4) is 5.13 Å². The first-order chi connectivity index (χ1) is 13.9. The van der Waals surface area contributed by atoms with Gasteiger partial charge >= 0.3 is 5.97 Å². The number of amides is 1. The maximum Gasteiger partial charge on any atom is 0.325 e. The topological polar surface area (TPSA) is 86.1 Å². The van der Waals surface area contributed by atoms with E-state index in [4.69, 9.17) is 11.6 Å². The van der Waals surface area contributed by atoms with Crippen LogP contribution >= 0.6 is 22.9 Å². The lowest BCUT2D eigenvalue weighted by Gasteiger charge is -2.04. The highest BCUT2D eigenvalue weighted by molar-refractivity contribution is 7.12. The van der Waals surface area contributed by atoms with Crippen molar-refractivity contribution in [3.63, 3.8) is 0 Å². The number of halogens is 1. The van der Waals surface area contributed by atoms with Gasteiger partial charge in [-0.25, -0.2) is 9.67 Å². The Morgan fingerprint density at radius 1 is 1.24 bits per heavy atom. The van der Waals surface area contributed by atoms with Crippen molar-refractivity contribution in [1.82, 2.24) is 20.1 Å². The van der Waals surface area contributed by atoms with Crippen LogP contribution in [0.1, 0.15) is 28.2 Å². The summed E-state index contributed by atoms with van der Waals surface area (Å²) in [7, 11) is 1.27. The largest absolute Gasteiger partial charge is 0.468 e. The summed E-state index contributed by atoms with van der Waals surface area (Å²) in [5.74, 6) is -0.780. The number of ether oxygens (including phenoxy) is 1. The van der Waals surface area contributed by atoms with Crippen molar-refractivity contribution in [2.75, 3.05) is 13.7 Å². The minimum atomic E-state index is -0.492. The van der Waals surface area contributed by atoms with Crippen LogP contribution in [0.15, 0.2) is 29.6 Å². The molecule has 0 aliphatic heterocycles. The Labute approximate surface area is 177 Å². The summed E-state index contributed by atoms with van der Waals surface area (Å²) in [5.41, 5.74) is 4.86. The van der Waals surface area contributed by atoms with Crippen molar-refractivity contribution in [2.45, 2.75) is 26.7 Å². The van der Waals surface area contributed by atoms with Gasteiger partial charge in [-0.1, -0.05) is 23.7 Å². The zero-order valence-corrected chi connectivity index (χ0v) is 17.9. The lowest BCUT2D eigenvalue weighted by Crippen LogP contribution is -2.31. The molecule has 1 amide bonds. The second kappa shape index (κ2) is 9.19. The number of rotatable bonds is 7. The van der Waals surface area contributed by atoms with Crippen molar-refractivity contribution >= 4 is 34.8 Å². The molecule has 0 aliphatic carbocycles. The summed E-state index contributed by atoms with van der Waals surface area (Å²) in [6.45, 7) is 3.83. The van der Waals surface area contributed by atoms with Crippen LogP contribution in [0, 0.1) is 13.8 Å². The molecule has 9 heteroatoms. The van der Waals surface area contributed by atoms with E-state index in [-0.39, 0.29) is 18.9 Å². The number of aryl methyl sites for hydroxylation is 1. The molecule has 0 radical (unpaired) electrons. The van der Waals surface area contributed by atoms with E-state index in [9.17, 15) is 9.59 Å². The first-order valence-electron chi connectivity index (χ1n) is 8.95. The number of hydrogen-bond acceptors (Lipinski definition) is 6. The number of carbonyl (C=O) groups excluding carboxylic acids is 2. The zero-order valence-electron chi connectivity index (χ0n) is 16.4. The third-order valence-electron chi connectivity index (χ3n) is 4.46. The highest BCUT2D eigenvalue weighted by atomic mass is 35.5.